The summed E-state index contributed by atoms with van der Waals surface area (Å²) in [6.07, 6.45) is 9.45. The first-order valence-corrected chi connectivity index (χ1v) is 14.9. The Morgan fingerprint density at radius 2 is 1.36 bits per heavy atom. The Bertz CT molecular complexity index is 1100. The van der Waals surface area contributed by atoms with Crippen LogP contribution in [0.1, 0.15) is 74.1 Å². The van der Waals surface area contributed by atoms with E-state index in [1.54, 1.807) is 0 Å². The summed E-state index contributed by atoms with van der Waals surface area (Å²) in [6, 6.07) is 38.4. The van der Waals surface area contributed by atoms with E-state index in [2.05, 4.69) is 85.8 Å². The Labute approximate surface area is 250 Å². The molecule has 4 aromatic carbocycles. The van der Waals surface area contributed by atoms with Crippen LogP contribution in [0.25, 0.3) is 0 Å². The zero-order chi connectivity index (χ0) is 26.9. The summed E-state index contributed by atoms with van der Waals surface area (Å²) in [7, 11) is 1.46. The van der Waals surface area contributed by atoms with Gasteiger partial charge in [0.05, 0.1) is 13.5 Å². The number of aryl methyl sites for hydroxylation is 1. The Kier molecular flexibility index (Phi) is 15.7. The summed E-state index contributed by atoms with van der Waals surface area (Å²) < 4.78 is 4.54. The number of ether oxygens (including phenoxy) is 1. The predicted molar refractivity (Wildman–Crippen MR) is 163 cm³/mol. The van der Waals surface area contributed by atoms with E-state index in [-0.39, 0.29) is 27.8 Å². The molecular weight excluding hydrogens is 540 g/mol. The maximum Gasteiger partial charge on any atom is 0.306 e. The molecule has 0 fully saturated rings. The number of benzene rings is 2. The molecule has 2 nitrogen and oxygen atoms in total. The Morgan fingerprint density at radius 3 is 1.95 bits per heavy atom. The van der Waals surface area contributed by atoms with E-state index >= 15 is 0 Å². The maximum atomic E-state index is 11.8. The standard InChI is InChI=1S/C30H37O2S.C5H5.Fe/c1-3-4-5-6-7-9-14-25-19-21-28(22-20-25)30(27-17-12-13-18-27,26-15-10-8-11-16-26)33-24-23-29(31)32-2;1-2-4-5-3-1;/h8,10-13,15-22H,3-7,9,14,23-24H2,1-2H3;1-5H;/q-1;-5;. The number of unbranched alkanes of at least 4 members (excludes halogenated alkanes) is 5. The van der Waals surface area contributed by atoms with Crippen LogP contribution >= 0.6 is 11.8 Å². The third-order valence-corrected chi connectivity index (χ3v) is 8.39. The number of methoxy groups -OCH3 is 1. The molecular formula is C35H42FeO2S-6. The van der Waals surface area contributed by atoms with Crippen molar-refractivity contribution in [3.05, 3.63) is 131 Å². The molecule has 0 aliphatic rings. The van der Waals surface area contributed by atoms with Crippen LogP contribution in [0, 0.1) is 0 Å². The van der Waals surface area contributed by atoms with E-state index in [0.717, 1.165) is 6.42 Å². The van der Waals surface area contributed by atoms with E-state index in [0.29, 0.717) is 12.2 Å². The second kappa shape index (κ2) is 18.7. The van der Waals surface area contributed by atoms with Crippen LogP contribution < -0.4 is 0 Å². The van der Waals surface area contributed by atoms with Crippen LogP contribution in [-0.2, 0) is 37.8 Å². The van der Waals surface area contributed by atoms with Crippen LogP contribution in [0.4, 0.5) is 0 Å². The van der Waals surface area contributed by atoms with Gasteiger partial charge in [0.15, 0.2) is 0 Å². The van der Waals surface area contributed by atoms with Crippen molar-refractivity contribution in [2.24, 2.45) is 0 Å². The molecule has 214 valence electrons. The van der Waals surface area contributed by atoms with Crippen LogP contribution in [0.5, 0.6) is 0 Å². The first-order valence-electron chi connectivity index (χ1n) is 13.9. The monoisotopic (exact) mass is 582 g/mol. The van der Waals surface area contributed by atoms with E-state index < -0.39 is 0 Å². The van der Waals surface area contributed by atoms with Gasteiger partial charge in [-0.3, -0.25) is 4.79 Å². The molecule has 0 N–H and O–H groups in total. The van der Waals surface area contributed by atoms with E-state index in [1.165, 1.54) is 67.9 Å². The van der Waals surface area contributed by atoms with Crippen molar-refractivity contribution in [2.45, 2.75) is 63.0 Å². The van der Waals surface area contributed by atoms with E-state index in [9.17, 15) is 4.79 Å². The van der Waals surface area contributed by atoms with Gasteiger partial charge in [0.2, 0.25) is 0 Å². The van der Waals surface area contributed by atoms with Crippen LogP contribution in [0.15, 0.2) is 109 Å². The second-order valence-corrected chi connectivity index (χ2v) is 10.9. The normalized spacial score (nSPS) is 11.9. The van der Waals surface area contributed by atoms with Gasteiger partial charge in [-0.2, -0.15) is 23.9 Å². The van der Waals surface area contributed by atoms with Gasteiger partial charge >= 0.3 is 5.97 Å². The predicted octanol–water partition coefficient (Wildman–Crippen LogP) is 9.30. The molecule has 0 saturated heterocycles. The maximum absolute atomic E-state index is 11.8. The SMILES string of the molecule is CCCCCCCCc1ccc(C(SCCC(=O)OC)(c2ccccc2)[c-]2cccc2)cc1.[Fe].[cH-]1[cH-][cH-][cH-][cH-]1. The molecule has 0 saturated carbocycles. The molecule has 0 aliphatic heterocycles. The van der Waals surface area contributed by atoms with Gasteiger partial charge < -0.3 is 35.1 Å². The van der Waals surface area contributed by atoms with Crippen molar-refractivity contribution in [3.8, 4) is 0 Å². The van der Waals surface area contributed by atoms with Gasteiger partial charge in [-0.05, 0) is 29.5 Å². The van der Waals surface area contributed by atoms with Gasteiger partial charge in [0, 0.05) is 27.6 Å². The van der Waals surface area contributed by atoms with Gasteiger partial charge in [0.25, 0.3) is 0 Å². The summed E-state index contributed by atoms with van der Waals surface area (Å²) in [5.74, 6) is 0.521. The fraction of sp³-hybridized carbons (Fsp3) is 0.343. The minimum atomic E-state index is -0.364. The number of carbonyl (C=O) groups is 1. The quantitative estimate of drug-likeness (QED) is 0.0642. The number of rotatable bonds is 14. The Morgan fingerprint density at radius 1 is 0.795 bits per heavy atom. The summed E-state index contributed by atoms with van der Waals surface area (Å²) in [4.78, 5) is 11.8. The molecule has 0 radical (unpaired) electrons. The molecule has 0 amide bonds. The molecule has 0 heterocycles. The van der Waals surface area contributed by atoms with Crippen molar-refractivity contribution >= 4 is 17.7 Å². The zero-order valence-corrected chi connectivity index (χ0v) is 25.3. The molecule has 39 heavy (non-hydrogen) atoms. The second-order valence-electron chi connectivity index (χ2n) is 9.57. The van der Waals surface area contributed by atoms with Crippen molar-refractivity contribution in [3.63, 3.8) is 0 Å². The number of thioether (sulfide) groups is 1. The molecule has 4 heteroatoms. The largest absolute Gasteiger partial charge is 0.748 e. The van der Waals surface area contributed by atoms with Crippen molar-refractivity contribution < 1.29 is 26.6 Å². The first kappa shape index (κ1) is 32.7. The third-order valence-electron chi connectivity index (χ3n) is 6.84. The average molecular weight is 583 g/mol. The zero-order valence-electron chi connectivity index (χ0n) is 23.3. The van der Waals surface area contributed by atoms with Crippen molar-refractivity contribution in [1.82, 2.24) is 0 Å². The molecule has 0 spiro atoms. The molecule has 0 aromatic heterocycles. The Balaban J connectivity index is 0.000000797. The van der Waals surface area contributed by atoms with Crippen LogP contribution in [-0.4, -0.2) is 18.8 Å². The molecule has 0 aliphatic carbocycles. The third kappa shape index (κ3) is 10.2. The summed E-state index contributed by atoms with van der Waals surface area (Å²) in [5.41, 5.74) is 5.13. The minimum absolute atomic E-state index is 0. The number of hydrogen-bond donors (Lipinski definition) is 0. The van der Waals surface area contributed by atoms with Gasteiger partial charge in [-0.15, -0.1) is 5.56 Å². The molecule has 4 aromatic rings. The van der Waals surface area contributed by atoms with Gasteiger partial charge in [0.1, 0.15) is 0 Å². The van der Waals surface area contributed by atoms with Crippen molar-refractivity contribution in [2.75, 3.05) is 12.9 Å². The number of esters is 1. The molecule has 4 rings (SSSR count). The topological polar surface area (TPSA) is 26.3 Å². The minimum Gasteiger partial charge on any atom is -0.748 e. The molecule has 0 bridgehead atoms. The summed E-state index contributed by atoms with van der Waals surface area (Å²) in [5, 5.41) is 0. The summed E-state index contributed by atoms with van der Waals surface area (Å²) >= 11 is 1.81. The van der Waals surface area contributed by atoms with Crippen LogP contribution in [0.2, 0.25) is 0 Å². The smallest absolute Gasteiger partial charge is 0.306 e. The molecule has 1 atom stereocenters. The van der Waals surface area contributed by atoms with Crippen LogP contribution in [0.3, 0.4) is 0 Å². The fourth-order valence-electron chi connectivity index (χ4n) is 4.76. The van der Waals surface area contributed by atoms with Crippen molar-refractivity contribution in [1.29, 1.82) is 0 Å². The summed E-state index contributed by atoms with van der Waals surface area (Å²) in [6.45, 7) is 2.26. The van der Waals surface area contributed by atoms with E-state index in [1.807, 2.05) is 42.1 Å². The fourth-order valence-corrected chi connectivity index (χ4v) is 6.24. The first-order chi connectivity index (χ1) is 18.7. The van der Waals surface area contributed by atoms with Gasteiger partial charge in [-0.1, -0.05) is 93.6 Å². The van der Waals surface area contributed by atoms with E-state index in [4.69, 9.17) is 4.74 Å². The number of hydrogen-bond acceptors (Lipinski definition) is 3. The Hall–Kier alpha value is -2.52. The number of carbonyl (C=O) groups excluding carboxylic acids is 1. The molecule has 1 unspecified atom stereocenters. The van der Waals surface area contributed by atoms with Gasteiger partial charge in [-0.25, -0.2) is 12.1 Å². The average Bonchev–Trinajstić information content (AvgIpc) is 3.72.